The molecule has 0 spiro atoms. The molecule has 3 aliphatic rings. The first-order chi connectivity index (χ1) is 15.3. The Balaban J connectivity index is 1.91. The molecule has 32 heavy (non-hydrogen) atoms. The van der Waals surface area contributed by atoms with E-state index in [1.54, 1.807) is 4.90 Å². The van der Waals surface area contributed by atoms with Gasteiger partial charge in [0, 0.05) is 25.0 Å². The lowest BCUT2D eigenvalue weighted by Crippen LogP contribution is -2.62. The maximum Gasteiger partial charge on any atom is 0.329 e. The lowest BCUT2D eigenvalue weighted by molar-refractivity contribution is -0.276. The highest BCUT2D eigenvalue weighted by molar-refractivity contribution is 5.60. The van der Waals surface area contributed by atoms with Gasteiger partial charge in [-0.3, -0.25) is 19.2 Å². The van der Waals surface area contributed by atoms with Crippen molar-refractivity contribution in [2.45, 2.75) is 43.8 Å². The number of nitrogens with two attached hydrogens (primary N) is 1. The normalized spacial score (nSPS) is 27.6. The Morgan fingerprint density at radius 3 is 2.41 bits per heavy atom. The first-order valence-electron chi connectivity index (χ1n) is 10.4. The summed E-state index contributed by atoms with van der Waals surface area (Å²) in [4.78, 5) is 29.1. The summed E-state index contributed by atoms with van der Waals surface area (Å²) >= 11 is 0. The second-order valence-corrected chi connectivity index (χ2v) is 8.36. The van der Waals surface area contributed by atoms with Crippen molar-refractivity contribution < 1.29 is 27.4 Å². The Labute approximate surface area is 181 Å². The van der Waals surface area contributed by atoms with Crippen LogP contribution in [0, 0.1) is 5.92 Å². The van der Waals surface area contributed by atoms with Crippen LogP contribution in [0.5, 0.6) is 0 Å². The van der Waals surface area contributed by atoms with E-state index in [0.29, 0.717) is 0 Å². The molecule has 2 fully saturated rings. The predicted octanol–water partition coefficient (Wildman–Crippen LogP) is -1.01. The number of likely N-dealkylation sites (tertiary alicyclic amines) is 1. The maximum atomic E-state index is 15.8. The van der Waals surface area contributed by atoms with E-state index in [2.05, 4.69) is 4.98 Å². The van der Waals surface area contributed by atoms with Crippen LogP contribution in [0.15, 0.2) is 9.59 Å². The van der Waals surface area contributed by atoms with Gasteiger partial charge in [0.2, 0.25) is 0 Å². The number of hydrogen-bond acceptors (Lipinski definition) is 7. The zero-order valence-corrected chi connectivity index (χ0v) is 17.9. The third-order valence-electron chi connectivity index (χ3n) is 6.64. The molecule has 3 N–H and O–H groups in total. The minimum Gasteiger partial charge on any atom is -0.497 e. The highest BCUT2D eigenvalue weighted by Gasteiger charge is 2.53. The average molecular weight is 460 g/mol. The van der Waals surface area contributed by atoms with E-state index in [1.807, 2.05) is 0 Å². The molecular weight excluding hydrogens is 433 g/mol. The summed E-state index contributed by atoms with van der Waals surface area (Å²) in [5.74, 6) is -2.25. The molecule has 0 radical (unpaired) electrons. The SMILES string of the molecule is COC1=c2c(c(=O)[nH]c(=O)n2C2CC2)=C(C)C(F)C1N1CC(CN)C(OCF)(OCF)C1. The second kappa shape index (κ2) is 8.65. The fraction of sp³-hybridized carbons (Fsp3) is 0.700. The van der Waals surface area contributed by atoms with Crippen molar-refractivity contribution in [3.8, 4) is 0 Å². The van der Waals surface area contributed by atoms with Crippen molar-refractivity contribution in [2.75, 3.05) is 40.5 Å². The van der Waals surface area contributed by atoms with Crippen LogP contribution in [0.2, 0.25) is 0 Å². The van der Waals surface area contributed by atoms with Crippen molar-refractivity contribution in [3.63, 3.8) is 0 Å². The lowest BCUT2D eigenvalue weighted by Gasteiger charge is -2.35. The third-order valence-corrected chi connectivity index (χ3v) is 6.64. The molecule has 1 saturated carbocycles. The first kappa shape index (κ1) is 23.0. The molecule has 0 aromatic carbocycles. The smallest absolute Gasteiger partial charge is 0.329 e. The molecule has 3 atom stereocenters. The summed E-state index contributed by atoms with van der Waals surface area (Å²) in [6.07, 6.45) is -0.197. The largest absolute Gasteiger partial charge is 0.497 e. The van der Waals surface area contributed by atoms with Gasteiger partial charge in [-0.1, -0.05) is 0 Å². The minimum atomic E-state index is -1.70. The number of hydrogen-bond donors (Lipinski definition) is 2. The molecule has 3 unspecified atom stereocenters. The number of H-pyrrole nitrogens is 1. The summed E-state index contributed by atoms with van der Waals surface area (Å²) in [7, 11) is 1.34. The minimum absolute atomic E-state index is 0.0196. The summed E-state index contributed by atoms with van der Waals surface area (Å²) in [5.41, 5.74) is 4.68. The van der Waals surface area contributed by atoms with Gasteiger partial charge in [0.1, 0.15) is 18.0 Å². The molecule has 1 aromatic rings. The van der Waals surface area contributed by atoms with Crippen molar-refractivity contribution in [3.05, 3.63) is 31.4 Å². The van der Waals surface area contributed by atoms with Gasteiger partial charge in [-0.2, -0.15) is 0 Å². The van der Waals surface area contributed by atoms with Crippen LogP contribution in [0.4, 0.5) is 13.2 Å². The molecular formula is C20H27F3N4O5. The quantitative estimate of drug-likeness (QED) is 0.478. The zero-order chi connectivity index (χ0) is 23.2. The molecule has 1 saturated heterocycles. The topological polar surface area (TPSA) is 112 Å². The number of nitrogens with one attached hydrogen (secondary N) is 1. The van der Waals surface area contributed by atoms with Crippen LogP contribution in [-0.4, -0.2) is 72.9 Å². The van der Waals surface area contributed by atoms with Crippen LogP contribution in [0.1, 0.15) is 25.8 Å². The van der Waals surface area contributed by atoms with Crippen LogP contribution < -0.4 is 27.6 Å². The fourth-order valence-electron chi connectivity index (χ4n) is 4.97. The van der Waals surface area contributed by atoms with Crippen molar-refractivity contribution >= 4 is 11.3 Å². The van der Waals surface area contributed by atoms with Gasteiger partial charge in [-0.25, -0.2) is 18.0 Å². The van der Waals surface area contributed by atoms with Crippen LogP contribution in [0.3, 0.4) is 0 Å². The number of nitrogens with zero attached hydrogens (tertiary/aromatic N) is 2. The van der Waals surface area contributed by atoms with Gasteiger partial charge in [0.05, 0.1) is 24.2 Å². The van der Waals surface area contributed by atoms with Gasteiger partial charge in [-0.15, -0.1) is 0 Å². The Kier molecular flexibility index (Phi) is 6.23. The molecule has 0 bridgehead atoms. The Bertz CT molecular complexity index is 1110. The van der Waals surface area contributed by atoms with Gasteiger partial charge in [0.25, 0.3) is 5.56 Å². The Morgan fingerprint density at radius 1 is 1.22 bits per heavy atom. The molecule has 1 aromatic heterocycles. The van der Waals surface area contributed by atoms with Gasteiger partial charge in [0.15, 0.2) is 19.5 Å². The van der Waals surface area contributed by atoms with E-state index in [-0.39, 0.29) is 47.6 Å². The molecule has 0 amide bonds. The number of rotatable bonds is 8. The van der Waals surface area contributed by atoms with Crippen molar-refractivity contribution in [1.29, 1.82) is 0 Å². The summed E-state index contributed by atoms with van der Waals surface area (Å²) in [5, 5.41) is 0.303. The molecule has 178 valence electrons. The van der Waals surface area contributed by atoms with Crippen LogP contribution >= 0.6 is 0 Å². The van der Waals surface area contributed by atoms with E-state index in [1.165, 1.54) is 18.6 Å². The summed E-state index contributed by atoms with van der Waals surface area (Å²) < 4.78 is 59.4. The Hall–Kier alpha value is -2.15. The van der Waals surface area contributed by atoms with Gasteiger partial charge < -0.3 is 19.9 Å². The van der Waals surface area contributed by atoms with E-state index in [4.69, 9.17) is 19.9 Å². The molecule has 2 heterocycles. The van der Waals surface area contributed by atoms with E-state index in [9.17, 15) is 18.4 Å². The molecule has 12 heteroatoms. The predicted molar refractivity (Wildman–Crippen MR) is 108 cm³/mol. The monoisotopic (exact) mass is 460 g/mol. The second-order valence-electron chi connectivity index (χ2n) is 8.36. The number of alkyl halides is 3. The molecule has 4 rings (SSSR count). The van der Waals surface area contributed by atoms with Crippen molar-refractivity contribution in [1.82, 2.24) is 14.5 Å². The van der Waals surface area contributed by atoms with Crippen LogP contribution in [0.25, 0.3) is 11.3 Å². The summed E-state index contributed by atoms with van der Waals surface area (Å²) in [6.45, 7) is -1.08. The average Bonchev–Trinajstić information content (AvgIpc) is 3.52. The number of aromatic nitrogens is 2. The number of aromatic amines is 1. The lowest BCUT2D eigenvalue weighted by atomic mass is 9.94. The molecule has 1 aliphatic heterocycles. The van der Waals surface area contributed by atoms with E-state index in [0.717, 1.165) is 12.8 Å². The highest BCUT2D eigenvalue weighted by atomic mass is 19.1. The first-order valence-corrected chi connectivity index (χ1v) is 10.4. The fourth-order valence-corrected chi connectivity index (χ4v) is 4.97. The highest BCUT2D eigenvalue weighted by Crippen LogP contribution is 2.38. The standard InChI is InChI=1S/C20H27F3N4O5/c1-10-13-15(27(12-3-4-12)19(29)25-18(13)28)17(30-2)16(14(10)23)26-6-11(5-24)20(7-26,31-8-21)32-9-22/h11-12,14,16H,3-9,24H2,1-2H3,(H,25,28,29). The van der Waals surface area contributed by atoms with Crippen LogP contribution in [-0.2, 0) is 14.2 Å². The maximum absolute atomic E-state index is 15.8. The third kappa shape index (κ3) is 3.49. The van der Waals surface area contributed by atoms with Crippen molar-refractivity contribution in [2.24, 2.45) is 11.7 Å². The number of methoxy groups -OCH3 is 1. The van der Waals surface area contributed by atoms with E-state index >= 15 is 4.39 Å². The molecule has 9 nitrogen and oxygen atoms in total. The summed E-state index contributed by atoms with van der Waals surface area (Å²) in [6, 6.07) is -1.19. The van der Waals surface area contributed by atoms with Gasteiger partial charge >= 0.3 is 5.69 Å². The number of halogens is 3. The van der Waals surface area contributed by atoms with Gasteiger partial charge in [-0.05, 0) is 25.3 Å². The van der Waals surface area contributed by atoms with E-state index < -0.39 is 48.9 Å². The zero-order valence-electron chi connectivity index (χ0n) is 17.9. The Morgan fingerprint density at radius 2 is 1.88 bits per heavy atom. The molecule has 2 aliphatic carbocycles. The number of ether oxygens (including phenoxy) is 3. The number of fused-ring (bicyclic) bond motifs is 1.